The summed E-state index contributed by atoms with van der Waals surface area (Å²) in [6, 6.07) is 0.0610. The van der Waals surface area contributed by atoms with Gasteiger partial charge in [0.1, 0.15) is 17.2 Å². The van der Waals surface area contributed by atoms with E-state index in [1.807, 2.05) is 38.5 Å². The van der Waals surface area contributed by atoms with Crippen LogP contribution in [0.4, 0.5) is 5.82 Å². The zero-order chi connectivity index (χ0) is 31.0. The van der Waals surface area contributed by atoms with Crippen LogP contribution in [0, 0.1) is 5.92 Å². The van der Waals surface area contributed by atoms with Crippen molar-refractivity contribution < 1.29 is 4.79 Å². The lowest BCUT2D eigenvalue weighted by atomic mass is 9.97. The number of nitrogens with zero attached hydrogens (tertiary/aromatic N) is 3. The minimum absolute atomic E-state index is 0.121. The first kappa shape index (κ1) is 33.1. The van der Waals surface area contributed by atoms with E-state index in [2.05, 4.69) is 54.8 Å². The SMILES string of the molecule is C=C/C(C)=C(\C=C)n1c2c(c(=O)c(C(=O)NC(C)C3CCCN3)c1C(C)C)C=NC(N(CCC)CCCC(C)C)=CN2. The van der Waals surface area contributed by atoms with Crippen molar-refractivity contribution >= 4 is 23.6 Å². The Balaban J connectivity index is 2.22. The second kappa shape index (κ2) is 15.2. The van der Waals surface area contributed by atoms with Crippen LogP contribution in [-0.4, -0.2) is 53.3 Å². The Morgan fingerprint density at radius 2 is 1.95 bits per heavy atom. The quantitative estimate of drug-likeness (QED) is 0.228. The van der Waals surface area contributed by atoms with Gasteiger partial charge >= 0.3 is 0 Å². The number of anilines is 1. The molecule has 0 radical (unpaired) electrons. The van der Waals surface area contributed by atoms with Gasteiger partial charge in [-0.25, -0.2) is 4.99 Å². The Hall–Kier alpha value is -3.39. The van der Waals surface area contributed by atoms with Crippen LogP contribution in [0.25, 0.3) is 5.70 Å². The highest BCUT2D eigenvalue weighted by Gasteiger charge is 2.31. The molecule has 2 aliphatic heterocycles. The van der Waals surface area contributed by atoms with Gasteiger partial charge in [0.15, 0.2) is 0 Å². The van der Waals surface area contributed by atoms with Crippen molar-refractivity contribution in [2.45, 2.75) is 98.6 Å². The molecular formula is C34H52N6O2. The van der Waals surface area contributed by atoms with E-state index >= 15 is 0 Å². The molecule has 8 nitrogen and oxygen atoms in total. The fourth-order valence-corrected chi connectivity index (χ4v) is 5.82. The van der Waals surface area contributed by atoms with Gasteiger partial charge in [-0.3, -0.25) is 14.2 Å². The molecule has 0 bridgehead atoms. The number of carbonyl (C=O) groups is 1. The van der Waals surface area contributed by atoms with Crippen LogP contribution in [0.5, 0.6) is 0 Å². The van der Waals surface area contributed by atoms with Crippen LogP contribution < -0.4 is 21.4 Å². The monoisotopic (exact) mass is 576 g/mol. The molecule has 3 heterocycles. The summed E-state index contributed by atoms with van der Waals surface area (Å²) >= 11 is 0. The van der Waals surface area contributed by atoms with Gasteiger partial charge in [-0.05, 0) is 76.0 Å². The molecule has 8 heteroatoms. The number of allylic oxidation sites excluding steroid dienone is 4. The van der Waals surface area contributed by atoms with Crippen molar-refractivity contribution in [2.24, 2.45) is 10.9 Å². The third kappa shape index (κ3) is 7.51. The molecule has 0 spiro atoms. The Bertz CT molecular complexity index is 1290. The molecule has 3 N–H and O–H groups in total. The summed E-state index contributed by atoms with van der Waals surface area (Å²) in [5.41, 5.74) is 2.41. The molecule has 0 aromatic carbocycles. The molecule has 1 fully saturated rings. The maximum absolute atomic E-state index is 14.3. The largest absolute Gasteiger partial charge is 0.355 e. The average Bonchev–Trinajstić information content (AvgIpc) is 3.40. The third-order valence-electron chi connectivity index (χ3n) is 8.12. The van der Waals surface area contributed by atoms with E-state index in [1.54, 1.807) is 18.4 Å². The number of hydrogen-bond acceptors (Lipinski definition) is 6. The van der Waals surface area contributed by atoms with E-state index < -0.39 is 0 Å². The molecular weight excluding hydrogens is 524 g/mol. The Morgan fingerprint density at radius 3 is 2.52 bits per heavy atom. The molecule has 1 amide bonds. The number of amides is 1. The number of nitrogens with one attached hydrogen (secondary N) is 3. The number of hydrogen-bond donors (Lipinski definition) is 3. The van der Waals surface area contributed by atoms with Crippen LogP contribution in [-0.2, 0) is 0 Å². The van der Waals surface area contributed by atoms with Crippen LogP contribution >= 0.6 is 0 Å². The summed E-state index contributed by atoms with van der Waals surface area (Å²) in [7, 11) is 0. The van der Waals surface area contributed by atoms with Crippen LogP contribution in [0.2, 0.25) is 0 Å². The minimum atomic E-state index is -0.367. The van der Waals surface area contributed by atoms with Gasteiger partial charge in [0.05, 0.1) is 5.56 Å². The molecule has 42 heavy (non-hydrogen) atoms. The highest BCUT2D eigenvalue weighted by molar-refractivity contribution is 6.00. The van der Waals surface area contributed by atoms with Gasteiger partial charge in [-0.1, -0.05) is 53.9 Å². The van der Waals surface area contributed by atoms with Gasteiger partial charge < -0.3 is 20.9 Å². The maximum Gasteiger partial charge on any atom is 0.257 e. The number of aliphatic imine (C=N–C) groups is 1. The first-order valence-electron chi connectivity index (χ1n) is 15.6. The molecule has 2 unspecified atom stereocenters. The first-order chi connectivity index (χ1) is 20.0. The van der Waals surface area contributed by atoms with Gasteiger partial charge in [-0.15, -0.1) is 0 Å². The lowest BCUT2D eigenvalue weighted by Gasteiger charge is -2.27. The van der Waals surface area contributed by atoms with Gasteiger partial charge in [0, 0.05) is 49.0 Å². The van der Waals surface area contributed by atoms with Crippen LogP contribution in [0.1, 0.15) is 108 Å². The van der Waals surface area contributed by atoms with E-state index in [1.165, 1.54) is 0 Å². The smallest absolute Gasteiger partial charge is 0.257 e. The van der Waals surface area contributed by atoms with Crippen molar-refractivity contribution in [3.05, 3.63) is 69.9 Å². The minimum Gasteiger partial charge on any atom is -0.355 e. The van der Waals surface area contributed by atoms with Crippen molar-refractivity contribution in [2.75, 3.05) is 25.0 Å². The zero-order valence-electron chi connectivity index (χ0n) is 26.8. The summed E-state index contributed by atoms with van der Waals surface area (Å²) in [4.78, 5) is 35.3. The number of rotatable bonds is 14. The summed E-state index contributed by atoms with van der Waals surface area (Å²) in [6.45, 7) is 25.3. The van der Waals surface area contributed by atoms with Crippen LogP contribution in [0.15, 0.2) is 52.7 Å². The summed E-state index contributed by atoms with van der Waals surface area (Å²) in [5.74, 6) is 1.46. The second-order valence-corrected chi connectivity index (χ2v) is 12.2. The third-order valence-corrected chi connectivity index (χ3v) is 8.12. The Labute approximate surface area is 252 Å². The highest BCUT2D eigenvalue weighted by Crippen LogP contribution is 2.31. The molecule has 1 aromatic rings. The molecule has 0 saturated carbocycles. The summed E-state index contributed by atoms with van der Waals surface area (Å²) in [6.07, 6.45) is 12.3. The normalized spacial score (nSPS) is 17.6. The van der Waals surface area contributed by atoms with E-state index in [4.69, 9.17) is 4.99 Å². The van der Waals surface area contributed by atoms with Gasteiger partial charge in [-0.2, -0.15) is 0 Å². The molecule has 3 rings (SSSR count). The number of carbonyl (C=O) groups excluding carboxylic acids is 1. The number of pyridine rings is 1. The molecule has 2 aliphatic rings. The second-order valence-electron chi connectivity index (χ2n) is 12.2. The van der Waals surface area contributed by atoms with E-state index in [9.17, 15) is 9.59 Å². The lowest BCUT2D eigenvalue weighted by molar-refractivity contribution is 0.0930. The lowest BCUT2D eigenvalue weighted by Crippen LogP contribution is -2.47. The van der Waals surface area contributed by atoms with E-state index in [0.717, 1.165) is 68.8 Å². The first-order valence-corrected chi connectivity index (χ1v) is 15.6. The highest BCUT2D eigenvalue weighted by atomic mass is 16.2. The maximum atomic E-state index is 14.3. The topological polar surface area (TPSA) is 90.8 Å². The fourth-order valence-electron chi connectivity index (χ4n) is 5.82. The molecule has 2 atom stereocenters. The number of aromatic nitrogens is 1. The van der Waals surface area contributed by atoms with Crippen molar-refractivity contribution in [1.29, 1.82) is 0 Å². The van der Waals surface area contributed by atoms with Crippen molar-refractivity contribution in [3.63, 3.8) is 0 Å². The molecule has 230 valence electrons. The van der Waals surface area contributed by atoms with Gasteiger partial charge in [0.25, 0.3) is 5.91 Å². The predicted octanol–water partition coefficient (Wildman–Crippen LogP) is 6.24. The van der Waals surface area contributed by atoms with Crippen molar-refractivity contribution in [1.82, 2.24) is 20.1 Å². The van der Waals surface area contributed by atoms with Crippen LogP contribution in [0.3, 0.4) is 0 Å². The molecule has 0 aliphatic carbocycles. The average molecular weight is 577 g/mol. The number of fused-ring (bicyclic) bond motifs is 1. The molecule has 1 aromatic heterocycles. The molecule has 1 saturated heterocycles. The Morgan fingerprint density at radius 1 is 1.21 bits per heavy atom. The predicted molar refractivity (Wildman–Crippen MR) is 177 cm³/mol. The fraction of sp³-hybridized carbons (Fsp3) is 0.559. The standard InChI is InChI=1S/C34H52N6O2/c1-10-18-39(19-14-15-22(4)5)29-21-37-33-26(20-36-29)32(41)30(34(42)38-25(9)27-16-13-17-35-27)31(23(6)7)40(33)28(12-3)24(8)11-2/h11-12,20-23,25,27,35,37H,2-3,10,13-19H2,1,4-9H3,(H,38,42)/b28-24+. The van der Waals surface area contributed by atoms with Crippen molar-refractivity contribution in [3.8, 4) is 0 Å². The summed E-state index contributed by atoms with van der Waals surface area (Å²) in [5, 5.41) is 10.0. The van der Waals surface area contributed by atoms with E-state index in [-0.39, 0.29) is 34.9 Å². The summed E-state index contributed by atoms with van der Waals surface area (Å²) < 4.78 is 1.97. The Kier molecular flexibility index (Phi) is 12.0. The van der Waals surface area contributed by atoms with Gasteiger partial charge in [0.2, 0.25) is 5.43 Å². The van der Waals surface area contributed by atoms with E-state index in [0.29, 0.717) is 23.0 Å². The zero-order valence-corrected chi connectivity index (χ0v) is 26.8.